The highest BCUT2D eigenvalue weighted by molar-refractivity contribution is 14.1. The van der Waals surface area contributed by atoms with Crippen molar-refractivity contribution in [3.05, 3.63) is 97.5 Å². The second-order valence-corrected chi connectivity index (χ2v) is 14.4. The summed E-state index contributed by atoms with van der Waals surface area (Å²) in [6.45, 7) is 5.09. The van der Waals surface area contributed by atoms with E-state index in [1.165, 1.54) is 4.90 Å². The molecule has 11 heteroatoms. The smallest absolute Gasteiger partial charge is 0.244 e. The summed E-state index contributed by atoms with van der Waals surface area (Å²) in [7, 11) is -3.83. The maximum absolute atomic E-state index is 14.1. The van der Waals surface area contributed by atoms with E-state index in [9.17, 15) is 18.0 Å². The summed E-state index contributed by atoms with van der Waals surface area (Å²) in [4.78, 5) is 29.2. The monoisotopic (exact) mass is 715 g/mol. The summed E-state index contributed by atoms with van der Waals surface area (Å²) >= 11 is 14.5. The fraction of sp³-hybridized carbons (Fsp3) is 0.310. The Hall–Kier alpha value is -2.34. The summed E-state index contributed by atoms with van der Waals surface area (Å²) in [6, 6.07) is 20.2. The van der Waals surface area contributed by atoms with Gasteiger partial charge in [0.1, 0.15) is 12.6 Å². The first kappa shape index (κ1) is 32.2. The van der Waals surface area contributed by atoms with Crippen molar-refractivity contribution in [2.24, 2.45) is 0 Å². The third-order valence-corrected chi connectivity index (χ3v) is 8.50. The van der Waals surface area contributed by atoms with Crippen LogP contribution in [0.3, 0.4) is 0 Å². The van der Waals surface area contributed by atoms with Gasteiger partial charge in [-0.1, -0.05) is 59.6 Å². The molecule has 0 spiro atoms. The molecule has 0 saturated carbocycles. The Labute approximate surface area is 260 Å². The molecule has 0 aliphatic heterocycles. The fourth-order valence-corrected chi connectivity index (χ4v) is 5.59. The van der Waals surface area contributed by atoms with E-state index in [4.69, 9.17) is 23.2 Å². The number of sulfonamides is 1. The van der Waals surface area contributed by atoms with Crippen molar-refractivity contribution in [3.63, 3.8) is 0 Å². The molecule has 3 aromatic carbocycles. The molecule has 40 heavy (non-hydrogen) atoms. The molecule has 0 heterocycles. The topological polar surface area (TPSA) is 86.8 Å². The van der Waals surface area contributed by atoms with Gasteiger partial charge < -0.3 is 10.2 Å². The average molecular weight is 716 g/mol. The molecule has 0 aliphatic carbocycles. The van der Waals surface area contributed by atoms with Crippen molar-refractivity contribution in [2.45, 2.75) is 45.3 Å². The molecule has 0 aromatic heterocycles. The molecule has 1 N–H and O–H groups in total. The zero-order valence-corrected chi connectivity index (χ0v) is 27.2. The SMILES string of the molecule is CC(C)(C)NC(=O)C(Cc1ccccc1)N(Cc1ccc(Cl)c(Cl)c1)C(=O)CN(c1ccc(I)cc1)S(C)(=O)=O. The van der Waals surface area contributed by atoms with Crippen LogP contribution in [-0.4, -0.2) is 49.5 Å². The molecule has 2 amide bonds. The van der Waals surface area contributed by atoms with Crippen LogP contribution >= 0.6 is 45.8 Å². The zero-order chi connectivity index (χ0) is 29.7. The summed E-state index contributed by atoms with van der Waals surface area (Å²) in [5.41, 5.74) is 1.28. The number of benzene rings is 3. The third kappa shape index (κ3) is 9.36. The molecule has 3 aromatic rings. The Kier molecular flexibility index (Phi) is 10.9. The highest BCUT2D eigenvalue weighted by Gasteiger charge is 2.34. The fourth-order valence-electron chi connectivity index (χ4n) is 4.06. The molecule has 7 nitrogen and oxygen atoms in total. The van der Waals surface area contributed by atoms with E-state index in [1.54, 1.807) is 42.5 Å². The maximum Gasteiger partial charge on any atom is 0.244 e. The van der Waals surface area contributed by atoms with Gasteiger partial charge in [0, 0.05) is 22.1 Å². The Morgan fingerprint density at radius 1 is 0.925 bits per heavy atom. The largest absolute Gasteiger partial charge is 0.350 e. The lowest BCUT2D eigenvalue weighted by atomic mass is 10.0. The van der Waals surface area contributed by atoms with Crippen LogP contribution in [0.15, 0.2) is 72.8 Å². The lowest BCUT2D eigenvalue weighted by Gasteiger charge is -2.35. The van der Waals surface area contributed by atoms with Gasteiger partial charge >= 0.3 is 0 Å². The number of amides is 2. The lowest BCUT2D eigenvalue weighted by Crippen LogP contribution is -2.56. The molecule has 1 unspecified atom stereocenters. The van der Waals surface area contributed by atoms with E-state index < -0.39 is 34.1 Å². The molecular weight excluding hydrogens is 684 g/mol. The van der Waals surface area contributed by atoms with Crippen LogP contribution in [0.2, 0.25) is 10.0 Å². The Morgan fingerprint density at radius 3 is 2.10 bits per heavy atom. The molecule has 214 valence electrons. The van der Waals surface area contributed by atoms with Crippen molar-refractivity contribution >= 4 is 73.3 Å². The van der Waals surface area contributed by atoms with Crippen LogP contribution in [0.5, 0.6) is 0 Å². The van der Waals surface area contributed by atoms with Gasteiger partial charge in [-0.15, -0.1) is 0 Å². The van der Waals surface area contributed by atoms with Crippen molar-refractivity contribution in [1.82, 2.24) is 10.2 Å². The minimum atomic E-state index is -3.83. The highest BCUT2D eigenvalue weighted by Crippen LogP contribution is 2.25. The van der Waals surface area contributed by atoms with Gasteiger partial charge in [0.25, 0.3) is 0 Å². The average Bonchev–Trinajstić information content (AvgIpc) is 2.86. The quantitative estimate of drug-likeness (QED) is 0.264. The number of rotatable bonds is 10. The summed E-state index contributed by atoms with van der Waals surface area (Å²) in [6.07, 6.45) is 1.27. The summed E-state index contributed by atoms with van der Waals surface area (Å²) in [5, 5.41) is 3.66. The van der Waals surface area contributed by atoms with Crippen molar-refractivity contribution in [3.8, 4) is 0 Å². The van der Waals surface area contributed by atoms with E-state index in [0.29, 0.717) is 21.3 Å². The van der Waals surface area contributed by atoms with Crippen LogP contribution in [0.25, 0.3) is 0 Å². The maximum atomic E-state index is 14.1. The van der Waals surface area contributed by atoms with Gasteiger partial charge in [-0.25, -0.2) is 8.42 Å². The third-order valence-electron chi connectivity index (χ3n) is 5.90. The molecule has 0 saturated heterocycles. The minimum Gasteiger partial charge on any atom is -0.350 e. The number of halogens is 3. The molecule has 0 bridgehead atoms. The summed E-state index contributed by atoms with van der Waals surface area (Å²) < 4.78 is 27.6. The van der Waals surface area contributed by atoms with Gasteiger partial charge in [-0.2, -0.15) is 0 Å². The molecular formula is C29H32Cl2IN3O4S. The van der Waals surface area contributed by atoms with Crippen LogP contribution < -0.4 is 9.62 Å². The predicted octanol–water partition coefficient (Wildman–Crippen LogP) is 5.92. The number of anilines is 1. The number of hydrogen-bond acceptors (Lipinski definition) is 4. The number of nitrogens with one attached hydrogen (secondary N) is 1. The standard InChI is InChI=1S/C29H32Cl2IN3O4S/c1-29(2,3)33-28(37)26(17-20-8-6-5-7-9-20)34(18-21-10-15-24(30)25(31)16-21)27(36)19-35(40(4,38)39)23-13-11-22(32)12-14-23/h5-16,26H,17-19H2,1-4H3,(H,33,37). The molecule has 0 aliphatic rings. The summed E-state index contributed by atoms with van der Waals surface area (Å²) in [5.74, 6) is -0.898. The van der Waals surface area contributed by atoms with Gasteiger partial charge in [0.15, 0.2) is 0 Å². The molecule has 3 rings (SSSR count). The Balaban J connectivity index is 2.08. The van der Waals surface area contributed by atoms with Crippen LogP contribution in [0, 0.1) is 3.57 Å². The number of carbonyl (C=O) groups excluding carboxylic acids is 2. The second kappa shape index (κ2) is 13.5. The lowest BCUT2D eigenvalue weighted by molar-refractivity contribution is -0.140. The number of hydrogen-bond donors (Lipinski definition) is 1. The molecule has 1 atom stereocenters. The van der Waals surface area contributed by atoms with E-state index in [0.717, 1.165) is 19.7 Å². The Bertz CT molecular complexity index is 1450. The first-order valence-electron chi connectivity index (χ1n) is 12.5. The van der Waals surface area contributed by atoms with Crippen LogP contribution in [0.1, 0.15) is 31.9 Å². The normalized spacial score (nSPS) is 12.5. The number of carbonyl (C=O) groups is 2. The van der Waals surface area contributed by atoms with Crippen LogP contribution in [0.4, 0.5) is 5.69 Å². The first-order valence-corrected chi connectivity index (χ1v) is 16.1. The van der Waals surface area contributed by atoms with Gasteiger partial charge in [0.05, 0.1) is 22.0 Å². The Morgan fingerprint density at radius 2 is 1.55 bits per heavy atom. The molecule has 0 fully saturated rings. The van der Waals surface area contributed by atoms with Crippen molar-refractivity contribution in [2.75, 3.05) is 17.1 Å². The zero-order valence-electron chi connectivity index (χ0n) is 22.7. The highest BCUT2D eigenvalue weighted by atomic mass is 127. The van der Waals surface area contributed by atoms with E-state index in [2.05, 4.69) is 27.9 Å². The van der Waals surface area contributed by atoms with E-state index in [1.807, 2.05) is 51.1 Å². The first-order chi connectivity index (χ1) is 18.6. The van der Waals surface area contributed by atoms with Gasteiger partial charge in [0.2, 0.25) is 21.8 Å². The van der Waals surface area contributed by atoms with Gasteiger partial charge in [-0.05, 0) is 90.9 Å². The minimum absolute atomic E-state index is 0.00900. The van der Waals surface area contributed by atoms with E-state index in [-0.39, 0.29) is 18.9 Å². The predicted molar refractivity (Wildman–Crippen MR) is 170 cm³/mol. The number of nitrogens with zero attached hydrogens (tertiary/aromatic N) is 2. The van der Waals surface area contributed by atoms with Crippen molar-refractivity contribution in [1.29, 1.82) is 0 Å². The van der Waals surface area contributed by atoms with E-state index >= 15 is 0 Å². The van der Waals surface area contributed by atoms with Crippen LogP contribution in [-0.2, 0) is 32.6 Å². The van der Waals surface area contributed by atoms with Gasteiger partial charge in [-0.3, -0.25) is 13.9 Å². The molecule has 0 radical (unpaired) electrons. The van der Waals surface area contributed by atoms with Crippen molar-refractivity contribution < 1.29 is 18.0 Å². The second-order valence-electron chi connectivity index (χ2n) is 10.5.